The molecule has 24 heavy (non-hydrogen) atoms. The van der Waals surface area contributed by atoms with Crippen LogP contribution in [0.2, 0.25) is 5.02 Å². The second kappa shape index (κ2) is 7.24. The molecule has 1 aliphatic heterocycles. The Kier molecular flexibility index (Phi) is 5.07. The number of rotatable bonds is 4. The molecule has 3 rings (SSSR count). The van der Waals surface area contributed by atoms with Gasteiger partial charge in [-0.3, -0.25) is 4.79 Å². The number of nitrogens with two attached hydrogens (primary N) is 1. The second-order valence-corrected chi connectivity index (χ2v) is 6.55. The van der Waals surface area contributed by atoms with Crippen LogP contribution >= 0.6 is 11.6 Å². The first-order valence-corrected chi connectivity index (χ1v) is 8.37. The summed E-state index contributed by atoms with van der Waals surface area (Å²) in [6, 6.07) is 15.4. The number of amides is 1. The van der Waals surface area contributed by atoms with Crippen LogP contribution in [-0.2, 0) is 11.2 Å². The van der Waals surface area contributed by atoms with Crippen LogP contribution < -0.4 is 10.5 Å². The number of halogens is 1. The average molecular weight is 345 g/mol. The summed E-state index contributed by atoms with van der Waals surface area (Å²) in [5.74, 6) is 0.900. The molecular weight excluding hydrogens is 324 g/mol. The van der Waals surface area contributed by atoms with Gasteiger partial charge >= 0.3 is 0 Å². The molecule has 0 spiro atoms. The smallest absolute Gasteiger partial charge is 0.227 e. The zero-order valence-corrected chi connectivity index (χ0v) is 14.4. The van der Waals surface area contributed by atoms with Crippen molar-refractivity contribution in [2.75, 3.05) is 20.2 Å². The number of carbonyl (C=O) groups is 1. The van der Waals surface area contributed by atoms with Crippen molar-refractivity contribution >= 4 is 17.5 Å². The molecule has 5 heteroatoms. The summed E-state index contributed by atoms with van der Waals surface area (Å²) < 4.78 is 5.32. The molecule has 2 aromatic carbocycles. The summed E-state index contributed by atoms with van der Waals surface area (Å²) in [6.07, 6.45) is 0.262. The van der Waals surface area contributed by atoms with E-state index in [1.807, 2.05) is 23.1 Å². The molecule has 2 aromatic rings. The highest BCUT2D eigenvalue weighted by Gasteiger charge is 2.33. The lowest BCUT2D eigenvalue weighted by atomic mass is 9.95. The predicted octanol–water partition coefficient (Wildman–Crippen LogP) is 2.84. The van der Waals surface area contributed by atoms with Gasteiger partial charge in [0.25, 0.3) is 0 Å². The molecule has 0 radical (unpaired) electrons. The fourth-order valence-corrected chi connectivity index (χ4v) is 3.44. The Morgan fingerprint density at radius 2 is 2.00 bits per heavy atom. The van der Waals surface area contributed by atoms with E-state index in [9.17, 15) is 4.79 Å². The van der Waals surface area contributed by atoms with Crippen molar-refractivity contribution in [3.63, 3.8) is 0 Å². The van der Waals surface area contributed by atoms with Gasteiger partial charge in [0.2, 0.25) is 5.91 Å². The molecule has 1 saturated heterocycles. The minimum atomic E-state index is -0.0439. The predicted molar refractivity (Wildman–Crippen MR) is 95.4 cm³/mol. The van der Waals surface area contributed by atoms with Crippen LogP contribution in [0.25, 0.3) is 0 Å². The highest BCUT2D eigenvalue weighted by atomic mass is 35.5. The van der Waals surface area contributed by atoms with E-state index in [1.165, 1.54) is 5.56 Å². The summed E-state index contributed by atoms with van der Waals surface area (Å²) >= 11 is 6.04. The number of hydrogen-bond acceptors (Lipinski definition) is 3. The zero-order chi connectivity index (χ0) is 17.1. The molecule has 2 atom stereocenters. The minimum absolute atomic E-state index is 0.0439. The summed E-state index contributed by atoms with van der Waals surface area (Å²) in [5, 5.41) is 0.596. The molecule has 1 aliphatic rings. The number of nitrogens with zero attached hydrogens (tertiary/aromatic N) is 1. The Morgan fingerprint density at radius 1 is 1.25 bits per heavy atom. The van der Waals surface area contributed by atoms with Crippen molar-refractivity contribution in [1.82, 2.24) is 4.90 Å². The van der Waals surface area contributed by atoms with Crippen molar-refractivity contribution in [3.8, 4) is 5.75 Å². The normalized spacial score (nSPS) is 20.2. The highest BCUT2D eigenvalue weighted by Crippen LogP contribution is 2.28. The van der Waals surface area contributed by atoms with E-state index in [0.29, 0.717) is 23.9 Å². The lowest BCUT2D eigenvalue weighted by Gasteiger charge is -2.17. The van der Waals surface area contributed by atoms with E-state index in [2.05, 4.69) is 12.1 Å². The van der Waals surface area contributed by atoms with Crippen molar-refractivity contribution in [3.05, 3.63) is 64.7 Å². The topological polar surface area (TPSA) is 55.6 Å². The number of likely N-dealkylation sites (tertiary alicyclic amines) is 1. The zero-order valence-electron chi connectivity index (χ0n) is 13.6. The quantitative estimate of drug-likeness (QED) is 0.927. The first-order chi connectivity index (χ1) is 11.6. The Morgan fingerprint density at radius 3 is 2.71 bits per heavy atom. The maximum Gasteiger partial charge on any atom is 0.227 e. The Bertz CT molecular complexity index is 721. The van der Waals surface area contributed by atoms with Crippen LogP contribution in [0.4, 0.5) is 0 Å². The second-order valence-electron chi connectivity index (χ2n) is 6.11. The fraction of sp³-hybridized carbons (Fsp3) is 0.316. The van der Waals surface area contributed by atoms with Gasteiger partial charge < -0.3 is 15.4 Å². The third kappa shape index (κ3) is 3.55. The van der Waals surface area contributed by atoms with E-state index < -0.39 is 0 Å². The van der Waals surface area contributed by atoms with Gasteiger partial charge in [-0.05, 0) is 23.8 Å². The van der Waals surface area contributed by atoms with Gasteiger partial charge in [0, 0.05) is 35.6 Å². The van der Waals surface area contributed by atoms with Crippen molar-refractivity contribution in [1.29, 1.82) is 0 Å². The lowest BCUT2D eigenvalue weighted by molar-refractivity contribution is -0.129. The monoisotopic (exact) mass is 344 g/mol. The van der Waals surface area contributed by atoms with Gasteiger partial charge in [0.1, 0.15) is 5.75 Å². The maximum atomic E-state index is 12.7. The molecule has 1 fully saturated rings. The first-order valence-electron chi connectivity index (χ1n) is 7.99. The SMILES string of the molecule is COc1ccc(Cl)cc1CC(=O)N1C[C@@H](N)[C@H](c2ccccc2)C1. The Balaban J connectivity index is 1.72. The third-order valence-electron chi connectivity index (χ3n) is 4.53. The minimum Gasteiger partial charge on any atom is -0.496 e. The van der Waals surface area contributed by atoms with E-state index in [4.69, 9.17) is 22.1 Å². The lowest BCUT2D eigenvalue weighted by Crippen LogP contribution is -2.33. The van der Waals surface area contributed by atoms with Crippen LogP contribution in [-0.4, -0.2) is 37.0 Å². The molecule has 0 aliphatic carbocycles. The molecule has 0 aromatic heterocycles. The maximum absolute atomic E-state index is 12.7. The highest BCUT2D eigenvalue weighted by molar-refractivity contribution is 6.30. The van der Waals surface area contributed by atoms with E-state index in [0.717, 1.165) is 5.56 Å². The molecule has 1 amide bonds. The summed E-state index contributed by atoms with van der Waals surface area (Å²) in [7, 11) is 1.59. The molecule has 1 heterocycles. The molecule has 0 unspecified atom stereocenters. The van der Waals surface area contributed by atoms with Crippen molar-refractivity contribution in [2.24, 2.45) is 5.73 Å². The number of carbonyl (C=O) groups excluding carboxylic acids is 1. The molecule has 2 N–H and O–H groups in total. The van der Waals surface area contributed by atoms with E-state index in [-0.39, 0.29) is 24.3 Å². The van der Waals surface area contributed by atoms with Gasteiger partial charge in [-0.2, -0.15) is 0 Å². The van der Waals surface area contributed by atoms with Gasteiger partial charge in [-0.1, -0.05) is 41.9 Å². The molecule has 126 valence electrons. The third-order valence-corrected chi connectivity index (χ3v) is 4.76. The van der Waals surface area contributed by atoms with Crippen LogP contribution in [0.3, 0.4) is 0 Å². The van der Waals surface area contributed by atoms with Crippen molar-refractivity contribution < 1.29 is 9.53 Å². The standard InChI is InChI=1S/C19H21ClN2O2/c1-24-18-8-7-15(20)9-14(18)10-19(23)22-11-16(17(21)12-22)13-5-3-2-4-6-13/h2-9,16-17H,10-12,21H2,1H3/t16-,17+/m0/s1. The van der Waals surface area contributed by atoms with E-state index in [1.54, 1.807) is 25.3 Å². The molecule has 0 saturated carbocycles. The van der Waals surface area contributed by atoms with Crippen LogP contribution in [0, 0.1) is 0 Å². The largest absolute Gasteiger partial charge is 0.496 e. The van der Waals surface area contributed by atoms with Crippen LogP contribution in [0.15, 0.2) is 48.5 Å². The Labute approximate surface area is 147 Å². The molecular formula is C19H21ClN2O2. The summed E-state index contributed by atoms with van der Waals surface area (Å²) in [4.78, 5) is 14.5. The van der Waals surface area contributed by atoms with Gasteiger partial charge in [-0.25, -0.2) is 0 Å². The number of hydrogen-bond donors (Lipinski definition) is 1. The number of ether oxygens (including phenoxy) is 1. The van der Waals surface area contributed by atoms with Crippen LogP contribution in [0.5, 0.6) is 5.75 Å². The van der Waals surface area contributed by atoms with Gasteiger partial charge in [-0.15, -0.1) is 0 Å². The summed E-state index contributed by atoms with van der Waals surface area (Å²) in [5.41, 5.74) is 8.25. The Hall–Kier alpha value is -2.04. The summed E-state index contributed by atoms with van der Waals surface area (Å²) in [6.45, 7) is 1.22. The van der Waals surface area contributed by atoms with Crippen LogP contribution in [0.1, 0.15) is 17.0 Å². The number of benzene rings is 2. The van der Waals surface area contributed by atoms with Gasteiger partial charge in [0.15, 0.2) is 0 Å². The average Bonchev–Trinajstić information content (AvgIpc) is 2.98. The fourth-order valence-electron chi connectivity index (χ4n) is 3.25. The number of methoxy groups -OCH3 is 1. The molecule has 0 bridgehead atoms. The van der Waals surface area contributed by atoms with Gasteiger partial charge in [0.05, 0.1) is 13.5 Å². The first kappa shape index (κ1) is 16.8. The van der Waals surface area contributed by atoms with Crippen molar-refractivity contribution in [2.45, 2.75) is 18.4 Å². The van der Waals surface area contributed by atoms with E-state index >= 15 is 0 Å². The molecule has 4 nitrogen and oxygen atoms in total.